The lowest BCUT2D eigenvalue weighted by Crippen LogP contribution is -2.36. The summed E-state index contributed by atoms with van der Waals surface area (Å²) in [7, 11) is 3.01. The highest BCUT2D eigenvalue weighted by atomic mass is 35.5. The number of nitrogens with one attached hydrogen (secondary N) is 1. The van der Waals surface area contributed by atoms with Gasteiger partial charge in [-0.25, -0.2) is 0 Å². The average molecular weight is 301 g/mol. The first kappa shape index (κ1) is 16.6. The van der Waals surface area contributed by atoms with E-state index in [2.05, 4.69) is 5.32 Å². The Morgan fingerprint density at radius 3 is 2.40 bits per heavy atom. The Bertz CT molecular complexity index is 478. The summed E-state index contributed by atoms with van der Waals surface area (Å²) in [5.74, 6) is 1.000. The van der Waals surface area contributed by atoms with Gasteiger partial charge in [-0.15, -0.1) is 0 Å². The third-order valence-electron chi connectivity index (χ3n) is 2.79. The number of hydrogen-bond donors (Lipinski definition) is 2. The average Bonchev–Trinajstić information content (AvgIpc) is 2.39. The molecule has 1 aromatic carbocycles. The summed E-state index contributed by atoms with van der Waals surface area (Å²) < 4.78 is 10.3. The molecule has 6 heteroatoms. The molecule has 0 aromatic heterocycles. The van der Waals surface area contributed by atoms with E-state index in [1.54, 1.807) is 12.1 Å². The first-order valence-electron chi connectivity index (χ1n) is 6.37. The lowest BCUT2D eigenvalue weighted by atomic mass is 10.0. The van der Waals surface area contributed by atoms with Crippen LogP contribution in [0.3, 0.4) is 0 Å². The first-order valence-corrected chi connectivity index (χ1v) is 6.74. The Hall–Kier alpha value is -1.46. The van der Waals surface area contributed by atoms with Crippen LogP contribution in [0.4, 0.5) is 5.69 Å². The number of carbonyl (C=O) groups excluding carboxylic acids is 1. The van der Waals surface area contributed by atoms with Crippen LogP contribution in [0.15, 0.2) is 12.1 Å². The molecule has 0 aliphatic heterocycles. The summed E-state index contributed by atoms with van der Waals surface area (Å²) in [6.45, 7) is 4.03. The number of anilines is 1. The second-order valence-corrected chi connectivity index (χ2v) is 5.32. The van der Waals surface area contributed by atoms with Crippen LogP contribution >= 0.6 is 11.6 Å². The SMILES string of the molecule is COc1cc(NC(=O)[C@H](N)CC(C)C)c(OC)cc1Cl. The van der Waals surface area contributed by atoms with Gasteiger partial charge in [0.15, 0.2) is 0 Å². The van der Waals surface area contributed by atoms with Gasteiger partial charge in [0, 0.05) is 12.1 Å². The Balaban J connectivity index is 2.93. The summed E-state index contributed by atoms with van der Waals surface area (Å²) >= 11 is 6.01. The van der Waals surface area contributed by atoms with Gasteiger partial charge < -0.3 is 20.5 Å². The molecule has 5 nitrogen and oxygen atoms in total. The lowest BCUT2D eigenvalue weighted by molar-refractivity contribution is -0.117. The number of hydrogen-bond acceptors (Lipinski definition) is 4. The van der Waals surface area contributed by atoms with E-state index in [1.807, 2.05) is 13.8 Å². The number of methoxy groups -OCH3 is 2. The van der Waals surface area contributed by atoms with E-state index in [0.717, 1.165) is 0 Å². The fourth-order valence-corrected chi connectivity index (χ4v) is 2.03. The third-order valence-corrected chi connectivity index (χ3v) is 3.09. The van der Waals surface area contributed by atoms with Crippen molar-refractivity contribution in [1.82, 2.24) is 0 Å². The number of carbonyl (C=O) groups is 1. The van der Waals surface area contributed by atoms with Gasteiger partial charge in [0.25, 0.3) is 0 Å². The van der Waals surface area contributed by atoms with Crippen LogP contribution in [0.1, 0.15) is 20.3 Å². The van der Waals surface area contributed by atoms with Crippen molar-refractivity contribution in [3.8, 4) is 11.5 Å². The second kappa shape index (κ2) is 7.36. The zero-order chi connectivity index (χ0) is 15.3. The van der Waals surface area contributed by atoms with Crippen molar-refractivity contribution >= 4 is 23.2 Å². The maximum absolute atomic E-state index is 12.0. The molecule has 1 amide bonds. The molecule has 0 aliphatic rings. The molecule has 0 bridgehead atoms. The fourth-order valence-electron chi connectivity index (χ4n) is 1.80. The summed E-state index contributed by atoms with van der Waals surface area (Å²) in [5.41, 5.74) is 6.33. The van der Waals surface area contributed by atoms with Crippen molar-refractivity contribution < 1.29 is 14.3 Å². The van der Waals surface area contributed by atoms with Crippen molar-refractivity contribution in [2.24, 2.45) is 11.7 Å². The quantitative estimate of drug-likeness (QED) is 0.847. The maximum Gasteiger partial charge on any atom is 0.241 e. The second-order valence-electron chi connectivity index (χ2n) is 4.91. The molecular weight excluding hydrogens is 280 g/mol. The lowest BCUT2D eigenvalue weighted by Gasteiger charge is -2.17. The van der Waals surface area contributed by atoms with Crippen molar-refractivity contribution in [3.05, 3.63) is 17.2 Å². The molecule has 0 unspecified atom stereocenters. The molecular formula is C14H21ClN2O3. The molecule has 0 radical (unpaired) electrons. The van der Waals surface area contributed by atoms with E-state index in [-0.39, 0.29) is 5.91 Å². The third kappa shape index (κ3) is 4.28. The predicted molar refractivity (Wildman–Crippen MR) is 80.6 cm³/mol. The minimum absolute atomic E-state index is 0.263. The van der Waals surface area contributed by atoms with E-state index in [1.165, 1.54) is 14.2 Å². The van der Waals surface area contributed by atoms with Crippen LogP contribution < -0.4 is 20.5 Å². The smallest absolute Gasteiger partial charge is 0.241 e. The van der Waals surface area contributed by atoms with Gasteiger partial charge in [0.1, 0.15) is 11.5 Å². The van der Waals surface area contributed by atoms with Crippen LogP contribution in [0.25, 0.3) is 0 Å². The largest absolute Gasteiger partial charge is 0.495 e. The van der Waals surface area contributed by atoms with E-state index in [0.29, 0.717) is 34.5 Å². The Labute approximate surface area is 124 Å². The molecule has 1 rings (SSSR count). The highest BCUT2D eigenvalue weighted by molar-refractivity contribution is 6.32. The van der Waals surface area contributed by atoms with Gasteiger partial charge in [-0.1, -0.05) is 25.4 Å². The van der Waals surface area contributed by atoms with Crippen LogP contribution in [-0.4, -0.2) is 26.2 Å². The minimum Gasteiger partial charge on any atom is -0.495 e. The van der Waals surface area contributed by atoms with Gasteiger partial charge in [0.2, 0.25) is 5.91 Å². The number of ether oxygens (including phenoxy) is 2. The number of halogens is 1. The molecule has 1 aromatic rings. The van der Waals surface area contributed by atoms with E-state index >= 15 is 0 Å². The molecule has 0 aliphatic carbocycles. The van der Waals surface area contributed by atoms with Crippen LogP contribution in [0.5, 0.6) is 11.5 Å². The molecule has 20 heavy (non-hydrogen) atoms. The van der Waals surface area contributed by atoms with Gasteiger partial charge >= 0.3 is 0 Å². The number of rotatable bonds is 6. The highest BCUT2D eigenvalue weighted by Gasteiger charge is 2.18. The standard InChI is InChI=1S/C14H21ClN2O3/c1-8(2)5-10(16)14(18)17-11-7-12(19-3)9(15)6-13(11)20-4/h6-8,10H,5,16H2,1-4H3,(H,17,18)/t10-/m1/s1. The first-order chi connectivity index (χ1) is 9.38. The zero-order valence-corrected chi connectivity index (χ0v) is 13.0. The number of benzene rings is 1. The Kier molecular flexibility index (Phi) is 6.10. The number of amides is 1. The van der Waals surface area contributed by atoms with Gasteiger partial charge in [0.05, 0.1) is 31.0 Å². The van der Waals surface area contributed by atoms with Gasteiger partial charge in [-0.2, -0.15) is 0 Å². The monoisotopic (exact) mass is 300 g/mol. The van der Waals surface area contributed by atoms with E-state index < -0.39 is 6.04 Å². The summed E-state index contributed by atoms with van der Waals surface area (Å²) in [4.78, 5) is 12.0. The predicted octanol–water partition coefficient (Wildman–Crippen LogP) is 2.67. The molecule has 0 fully saturated rings. The zero-order valence-electron chi connectivity index (χ0n) is 12.2. The molecule has 1 atom stereocenters. The topological polar surface area (TPSA) is 73.6 Å². The molecule has 3 N–H and O–H groups in total. The van der Waals surface area contributed by atoms with E-state index in [4.69, 9.17) is 26.8 Å². The highest BCUT2D eigenvalue weighted by Crippen LogP contribution is 2.35. The number of nitrogens with two attached hydrogens (primary N) is 1. The van der Waals surface area contributed by atoms with Crippen molar-refractivity contribution in [2.45, 2.75) is 26.3 Å². The van der Waals surface area contributed by atoms with Crippen molar-refractivity contribution in [2.75, 3.05) is 19.5 Å². The summed E-state index contributed by atoms with van der Waals surface area (Å²) in [6, 6.07) is 2.63. The summed E-state index contributed by atoms with van der Waals surface area (Å²) in [6.07, 6.45) is 0.610. The molecule has 0 spiro atoms. The Morgan fingerprint density at radius 1 is 1.30 bits per heavy atom. The fraction of sp³-hybridized carbons (Fsp3) is 0.500. The molecule has 0 heterocycles. The molecule has 112 valence electrons. The maximum atomic E-state index is 12.0. The van der Waals surface area contributed by atoms with Crippen molar-refractivity contribution in [3.63, 3.8) is 0 Å². The van der Waals surface area contributed by atoms with E-state index in [9.17, 15) is 4.79 Å². The van der Waals surface area contributed by atoms with Crippen molar-refractivity contribution in [1.29, 1.82) is 0 Å². The normalized spacial score (nSPS) is 12.2. The molecule has 0 saturated heterocycles. The van der Waals surface area contributed by atoms with Crippen LogP contribution in [0.2, 0.25) is 5.02 Å². The minimum atomic E-state index is -0.568. The van der Waals surface area contributed by atoms with Gasteiger partial charge in [-0.05, 0) is 12.3 Å². The van der Waals surface area contributed by atoms with Gasteiger partial charge in [-0.3, -0.25) is 4.79 Å². The van der Waals surface area contributed by atoms with Crippen LogP contribution in [-0.2, 0) is 4.79 Å². The van der Waals surface area contributed by atoms with Crippen LogP contribution in [0, 0.1) is 5.92 Å². The summed E-state index contributed by atoms with van der Waals surface area (Å²) in [5, 5.41) is 3.15. The Morgan fingerprint density at radius 2 is 1.90 bits per heavy atom. The molecule has 0 saturated carbocycles.